The molecular weight excluding hydrogens is 514 g/mol. The molecule has 12 heteroatoms. The van der Waals surface area contributed by atoms with E-state index in [0.29, 0.717) is 36.3 Å². The summed E-state index contributed by atoms with van der Waals surface area (Å²) in [6.07, 6.45) is 6.39. The zero-order valence-electron chi connectivity index (χ0n) is 22.6. The quantitative estimate of drug-likeness (QED) is 0.378. The van der Waals surface area contributed by atoms with Gasteiger partial charge in [-0.2, -0.15) is 5.10 Å². The fourth-order valence-electron chi connectivity index (χ4n) is 5.54. The van der Waals surface area contributed by atoms with Crippen LogP contribution in [0, 0.1) is 0 Å². The number of nitrogens with zero attached hydrogens (tertiary/aromatic N) is 4. The molecule has 6 rings (SSSR count). The summed E-state index contributed by atoms with van der Waals surface area (Å²) < 4.78 is 11.1. The maximum Gasteiger partial charge on any atom is 0.407 e. The van der Waals surface area contributed by atoms with Crippen molar-refractivity contribution in [3.8, 4) is 11.5 Å². The summed E-state index contributed by atoms with van der Waals surface area (Å²) >= 11 is 0. The Morgan fingerprint density at radius 1 is 1.25 bits per heavy atom. The van der Waals surface area contributed by atoms with E-state index in [1.807, 2.05) is 31.2 Å². The molecule has 1 unspecified atom stereocenters. The van der Waals surface area contributed by atoms with Crippen LogP contribution in [0.4, 0.5) is 16.3 Å². The van der Waals surface area contributed by atoms with Crippen molar-refractivity contribution in [1.82, 2.24) is 25.7 Å². The summed E-state index contributed by atoms with van der Waals surface area (Å²) in [5.74, 6) is 0.121. The van der Waals surface area contributed by atoms with Gasteiger partial charge in [0.25, 0.3) is 0 Å². The van der Waals surface area contributed by atoms with Gasteiger partial charge in [-0.05, 0) is 70.1 Å². The van der Waals surface area contributed by atoms with E-state index in [9.17, 15) is 14.4 Å². The summed E-state index contributed by atoms with van der Waals surface area (Å²) in [4.78, 5) is 39.5. The highest BCUT2D eigenvalue weighted by Crippen LogP contribution is 2.38. The Hall–Kier alpha value is -4.22. The first kappa shape index (κ1) is 26.0. The molecule has 2 saturated carbocycles. The summed E-state index contributed by atoms with van der Waals surface area (Å²) in [5, 5.41) is 21.0. The number of H-pyrrole nitrogens is 1. The number of alkyl carbamates (subject to hydrolysis) is 1. The number of amides is 3. The third-order valence-corrected chi connectivity index (χ3v) is 8.22. The Morgan fingerprint density at radius 3 is 2.83 bits per heavy atom. The zero-order chi connectivity index (χ0) is 27.9. The van der Waals surface area contributed by atoms with E-state index in [0.717, 1.165) is 43.5 Å². The number of rotatable bonds is 8. The Morgan fingerprint density at radius 2 is 2.10 bits per heavy atom. The monoisotopic (exact) mass is 547 g/mol. The van der Waals surface area contributed by atoms with Crippen LogP contribution >= 0.6 is 0 Å². The summed E-state index contributed by atoms with van der Waals surface area (Å²) in [6, 6.07) is 7.34. The van der Waals surface area contributed by atoms with Gasteiger partial charge < -0.3 is 24.7 Å². The molecule has 2 aliphatic carbocycles. The molecule has 3 N–H and O–H groups in total. The average Bonchev–Trinajstić information content (AvgIpc) is 3.53. The van der Waals surface area contributed by atoms with Gasteiger partial charge in [-0.1, -0.05) is 6.07 Å². The van der Waals surface area contributed by atoms with E-state index in [-0.39, 0.29) is 41.4 Å². The SMILES string of the molecule is CC(C(=O)Nc1cc([C@H]2CC[C@@H](OC(=O)NC3(C)CC3)C2)[nH]n1)c1ccc(N2CCCC2=O)cc1-c1nnco1. The number of benzene rings is 1. The van der Waals surface area contributed by atoms with Crippen molar-refractivity contribution in [2.75, 3.05) is 16.8 Å². The van der Waals surface area contributed by atoms with Crippen LogP contribution in [0.5, 0.6) is 0 Å². The molecule has 210 valence electrons. The van der Waals surface area contributed by atoms with Crippen LogP contribution in [0.2, 0.25) is 0 Å². The number of anilines is 2. The molecule has 1 aromatic carbocycles. The van der Waals surface area contributed by atoms with Crippen LogP contribution in [0.25, 0.3) is 11.5 Å². The number of aromatic nitrogens is 4. The standard InChI is InChI=1S/C28H33N7O5/c1-16(20-8-6-18(35-11-3-4-24(35)36)13-21(20)26-34-29-15-39-26)25(37)30-23-14-22(32-33-23)17-5-7-19(12-17)40-27(38)31-28(2)9-10-28/h6,8,13-17,19H,3-5,7,9-12H2,1-2H3,(H,31,38)(H2,30,32,33,37)/t16?,17-,19+/m0/s1. The molecule has 0 bridgehead atoms. The highest BCUT2D eigenvalue weighted by Gasteiger charge is 2.40. The largest absolute Gasteiger partial charge is 0.446 e. The molecule has 0 spiro atoms. The molecule has 3 amide bonds. The van der Waals surface area contributed by atoms with Gasteiger partial charge >= 0.3 is 6.09 Å². The smallest absolute Gasteiger partial charge is 0.407 e. The van der Waals surface area contributed by atoms with Gasteiger partial charge in [0.1, 0.15) is 6.10 Å². The number of hydrogen-bond acceptors (Lipinski definition) is 8. The van der Waals surface area contributed by atoms with E-state index < -0.39 is 5.92 Å². The van der Waals surface area contributed by atoms with E-state index in [1.165, 1.54) is 6.39 Å². The van der Waals surface area contributed by atoms with Crippen LogP contribution in [0.15, 0.2) is 35.1 Å². The first-order valence-corrected chi connectivity index (χ1v) is 13.8. The van der Waals surface area contributed by atoms with Crippen molar-refractivity contribution in [3.63, 3.8) is 0 Å². The van der Waals surface area contributed by atoms with Crippen LogP contribution in [0.1, 0.15) is 81.9 Å². The number of hydrogen-bond donors (Lipinski definition) is 3. The van der Waals surface area contributed by atoms with E-state index in [2.05, 4.69) is 31.0 Å². The lowest BCUT2D eigenvalue weighted by Gasteiger charge is -2.20. The predicted octanol–water partition coefficient (Wildman–Crippen LogP) is 4.24. The van der Waals surface area contributed by atoms with Gasteiger partial charge in [-0.15, -0.1) is 10.2 Å². The van der Waals surface area contributed by atoms with E-state index >= 15 is 0 Å². The minimum absolute atomic E-state index is 0.0698. The number of aromatic amines is 1. The van der Waals surface area contributed by atoms with Crippen molar-refractivity contribution >= 4 is 29.4 Å². The number of carbonyl (C=O) groups excluding carboxylic acids is 3. The Balaban J connectivity index is 1.11. The second kappa shape index (κ2) is 10.4. The Labute approximate surface area is 231 Å². The van der Waals surface area contributed by atoms with E-state index in [4.69, 9.17) is 9.15 Å². The Kier molecular flexibility index (Phi) is 6.77. The van der Waals surface area contributed by atoms with Crippen molar-refractivity contribution in [2.24, 2.45) is 0 Å². The van der Waals surface area contributed by atoms with Gasteiger partial charge in [0.2, 0.25) is 24.1 Å². The highest BCUT2D eigenvalue weighted by atomic mass is 16.6. The maximum absolute atomic E-state index is 13.3. The molecular formula is C28H33N7O5. The fourth-order valence-corrected chi connectivity index (χ4v) is 5.54. The maximum atomic E-state index is 13.3. The molecule has 40 heavy (non-hydrogen) atoms. The predicted molar refractivity (Wildman–Crippen MR) is 145 cm³/mol. The van der Waals surface area contributed by atoms with Gasteiger partial charge in [-0.3, -0.25) is 14.7 Å². The second-order valence-electron chi connectivity index (χ2n) is 11.3. The minimum Gasteiger partial charge on any atom is -0.446 e. The van der Waals surface area contributed by atoms with Gasteiger partial charge in [-0.25, -0.2) is 4.79 Å². The van der Waals surface area contributed by atoms with Crippen LogP contribution in [0.3, 0.4) is 0 Å². The summed E-state index contributed by atoms with van der Waals surface area (Å²) in [5.41, 5.74) is 2.83. The lowest BCUT2D eigenvalue weighted by atomic mass is 9.94. The second-order valence-corrected chi connectivity index (χ2v) is 11.3. The summed E-state index contributed by atoms with van der Waals surface area (Å²) in [6.45, 7) is 4.47. The van der Waals surface area contributed by atoms with Crippen LogP contribution in [-0.4, -0.2) is 56.5 Å². The van der Waals surface area contributed by atoms with Crippen molar-refractivity contribution < 1.29 is 23.5 Å². The third kappa shape index (κ3) is 5.43. The molecule has 1 aliphatic heterocycles. The van der Waals surface area contributed by atoms with Gasteiger partial charge in [0.05, 0.1) is 5.92 Å². The Bertz CT molecular complexity index is 1410. The van der Waals surface area contributed by atoms with Crippen molar-refractivity contribution in [1.29, 1.82) is 0 Å². The topological polar surface area (TPSA) is 155 Å². The highest BCUT2D eigenvalue weighted by molar-refractivity contribution is 5.98. The summed E-state index contributed by atoms with van der Waals surface area (Å²) in [7, 11) is 0. The normalized spacial score (nSPS) is 22.2. The molecule has 0 radical (unpaired) electrons. The molecule has 3 atom stereocenters. The molecule has 12 nitrogen and oxygen atoms in total. The fraction of sp³-hybridized carbons (Fsp3) is 0.500. The van der Waals surface area contributed by atoms with Crippen molar-refractivity contribution in [2.45, 2.75) is 82.3 Å². The molecule has 3 fully saturated rings. The lowest BCUT2D eigenvalue weighted by molar-refractivity contribution is -0.118. The van der Waals surface area contributed by atoms with Crippen LogP contribution in [-0.2, 0) is 14.3 Å². The molecule has 3 aliphatic rings. The first-order chi connectivity index (χ1) is 19.3. The minimum atomic E-state index is -0.568. The van der Waals surface area contributed by atoms with Gasteiger partial charge in [0.15, 0.2) is 5.82 Å². The van der Waals surface area contributed by atoms with Gasteiger partial charge in [0, 0.05) is 47.4 Å². The van der Waals surface area contributed by atoms with E-state index in [1.54, 1.807) is 11.8 Å². The molecule has 1 saturated heterocycles. The number of nitrogens with one attached hydrogen (secondary N) is 3. The molecule has 2 aromatic heterocycles. The number of carbonyl (C=O) groups is 3. The molecule has 3 aromatic rings. The number of ether oxygens (including phenoxy) is 1. The molecule has 3 heterocycles. The lowest BCUT2D eigenvalue weighted by Crippen LogP contribution is -2.36. The first-order valence-electron chi connectivity index (χ1n) is 13.8. The zero-order valence-corrected chi connectivity index (χ0v) is 22.6. The van der Waals surface area contributed by atoms with Crippen LogP contribution < -0.4 is 15.5 Å². The average molecular weight is 548 g/mol. The third-order valence-electron chi connectivity index (χ3n) is 8.22. The van der Waals surface area contributed by atoms with Crippen molar-refractivity contribution in [3.05, 3.63) is 41.9 Å².